The molecule has 3 nitrogen and oxygen atoms in total. The molecule has 0 heterocycles. The number of hydrogen-bond acceptors (Lipinski definition) is 3. The van der Waals surface area contributed by atoms with Crippen molar-refractivity contribution in [3.05, 3.63) is 54.1 Å². The van der Waals surface area contributed by atoms with Gasteiger partial charge in [-0.15, -0.1) is 0 Å². The van der Waals surface area contributed by atoms with Crippen molar-refractivity contribution in [3.8, 4) is 5.75 Å². The molecule has 0 fully saturated rings. The SMILES string of the molecule is CC.CC.COc1ccc(S(=O)(=O)c2ccc(C)cc2)cc1. The molecular formula is C18H26O3S. The van der Waals surface area contributed by atoms with Crippen LogP contribution in [0.1, 0.15) is 33.3 Å². The Morgan fingerprint density at radius 2 is 1.09 bits per heavy atom. The van der Waals surface area contributed by atoms with Gasteiger partial charge in [0.25, 0.3) is 0 Å². The van der Waals surface area contributed by atoms with Gasteiger partial charge >= 0.3 is 0 Å². The van der Waals surface area contributed by atoms with Crippen LogP contribution in [0.15, 0.2) is 58.3 Å². The van der Waals surface area contributed by atoms with Gasteiger partial charge in [-0.25, -0.2) is 8.42 Å². The summed E-state index contributed by atoms with van der Waals surface area (Å²) in [7, 11) is -1.89. The van der Waals surface area contributed by atoms with Gasteiger partial charge in [0.15, 0.2) is 0 Å². The predicted molar refractivity (Wildman–Crippen MR) is 92.3 cm³/mol. The van der Waals surface area contributed by atoms with Gasteiger partial charge in [-0.2, -0.15) is 0 Å². The third kappa shape index (κ3) is 5.19. The number of rotatable bonds is 3. The molecule has 0 N–H and O–H groups in total. The second kappa shape index (κ2) is 10.0. The molecule has 0 saturated heterocycles. The van der Waals surface area contributed by atoms with Gasteiger partial charge < -0.3 is 4.74 Å². The minimum Gasteiger partial charge on any atom is -0.497 e. The Morgan fingerprint density at radius 3 is 1.45 bits per heavy atom. The summed E-state index contributed by atoms with van der Waals surface area (Å²) >= 11 is 0. The number of aryl methyl sites for hydroxylation is 1. The second-order valence-electron chi connectivity index (χ2n) is 3.99. The van der Waals surface area contributed by atoms with Gasteiger partial charge in [0.2, 0.25) is 9.84 Å². The first kappa shape index (κ1) is 20.2. The molecule has 0 aliphatic rings. The lowest BCUT2D eigenvalue weighted by Crippen LogP contribution is -2.01. The molecule has 4 heteroatoms. The molecule has 0 atom stereocenters. The van der Waals surface area contributed by atoms with Crippen LogP contribution >= 0.6 is 0 Å². The van der Waals surface area contributed by atoms with Gasteiger partial charge in [-0.1, -0.05) is 45.4 Å². The van der Waals surface area contributed by atoms with Crippen molar-refractivity contribution in [3.63, 3.8) is 0 Å². The zero-order chi connectivity index (χ0) is 17.2. The van der Waals surface area contributed by atoms with E-state index >= 15 is 0 Å². The van der Waals surface area contributed by atoms with Gasteiger partial charge in [-0.3, -0.25) is 0 Å². The van der Waals surface area contributed by atoms with Crippen molar-refractivity contribution in [2.45, 2.75) is 44.4 Å². The third-order valence-electron chi connectivity index (χ3n) is 2.70. The van der Waals surface area contributed by atoms with Gasteiger partial charge in [-0.05, 0) is 43.3 Å². The molecule has 0 radical (unpaired) electrons. The van der Waals surface area contributed by atoms with Crippen LogP contribution in [0.4, 0.5) is 0 Å². The van der Waals surface area contributed by atoms with Crippen LogP contribution in [0.5, 0.6) is 5.75 Å². The molecule has 2 rings (SSSR count). The summed E-state index contributed by atoms with van der Waals surface area (Å²) in [6.45, 7) is 9.92. The maximum atomic E-state index is 12.3. The summed E-state index contributed by atoms with van der Waals surface area (Å²) in [5.74, 6) is 0.637. The molecule has 0 saturated carbocycles. The Morgan fingerprint density at radius 1 is 0.727 bits per heavy atom. The molecule has 0 spiro atoms. The van der Waals surface area contributed by atoms with E-state index in [9.17, 15) is 8.42 Å². The Kier molecular flexibility index (Phi) is 9.18. The lowest BCUT2D eigenvalue weighted by Gasteiger charge is -2.06. The van der Waals surface area contributed by atoms with E-state index in [-0.39, 0.29) is 4.90 Å². The molecular weight excluding hydrogens is 296 g/mol. The molecule has 122 valence electrons. The zero-order valence-electron chi connectivity index (χ0n) is 14.3. The van der Waals surface area contributed by atoms with Crippen molar-refractivity contribution in [2.24, 2.45) is 0 Å². The van der Waals surface area contributed by atoms with Crippen LogP contribution in [-0.4, -0.2) is 15.5 Å². The van der Waals surface area contributed by atoms with E-state index in [2.05, 4.69) is 0 Å². The van der Waals surface area contributed by atoms with Crippen molar-refractivity contribution < 1.29 is 13.2 Å². The van der Waals surface area contributed by atoms with E-state index in [0.29, 0.717) is 10.6 Å². The van der Waals surface area contributed by atoms with E-state index < -0.39 is 9.84 Å². The summed E-state index contributed by atoms with van der Waals surface area (Å²) < 4.78 is 29.6. The van der Waals surface area contributed by atoms with Crippen LogP contribution < -0.4 is 4.74 Å². The van der Waals surface area contributed by atoms with Crippen molar-refractivity contribution in [1.82, 2.24) is 0 Å². The molecule has 0 aliphatic carbocycles. The summed E-state index contributed by atoms with van der Waals surface area (Å²) in [6, 6.07) is 13.2. The summed E-state index contributed by atoms with van der Waals surface area (Å²) in [6.07, 6.45) is 0. The monoisotopic (exact) mass is 322 g/mol. The van der Waals surface area contributed by atoms with E-state index in [0.717, 1.165) is 5.56 Å². The molecule has 0 bridgehead atoms. The first-order valence-electron chi connectivity index (χ1n) is 7.50. The fraction of sp³-hybridized carbons (Fsp3) is 0.333. The van der Waals surface area contributed by atoms with E-state index in [1.165, 1.54) is 0 Å². The summed E-state index contributed by atoms with van der Waals surface area (Å²) in [5, 5.41) is 0. The maximum absolute atomic E-state index is 12.3. The number of methoxy groups -OCH3 is 1. The first-order chi connectivity index (χ1) is 10.5. The third-order valence-corrected chi connectivity index (χ3v) is 4.49. The fourth-order valence-electron chi connectivity index (χ4n) is 1.61. The minimum atomic E-state index is -3.44. The van der Waals surface area contributed by atoms with Gasteiger partial charge in [0.1, 0.15) is 5.75 Å². The Balaban J connectivity index is 0.00000102. The largest absolute Gasteiger partial charge is 0.497 e. The van der Waals surface area contributed by atoms with E-state index in [1.807, 2.05) is 34.6 Å². The Hall–Kier alpha value is -1.81. The topological polar surface area (TPSA) is 43.4 Å². The highest BCUT2D eigenvalue weighted by molar-refractivity contribution is 7.91. The van der Waals surface area contributed by atoms with Crippen LogP contribution in [0.25, 0.3) is 0 Å². The normalized spacial score (nSPS) is 9.73. The zero-order valence-corrected chi connectivity index (χ0v) is 15.1. The van der Waals surface area contributed by atoms with Crippen LogP contribution in [0.2, 0.25) is 0 Å². The highest BCUT2D eigenvalue weighted by Gasteiger charge is 2.16. The predicted octanol–water partition coefficient (Wildman–Crippen LogP) is 4.89. The molecule has 2 aromatic carbocycles. The van der Waals surface area contributed by atoms with Crippen LogP contribution in [0, 0.1) is 6.92 Å². The van der Waals surface area contributed by atoms with E-state index in [4.69, 9.17) is 4.74 Å². The van der Waals surface area contributed by atoms with Gasteiger partial charge in [0.05, 0.1) is 16.9 Å². The average Bonchev–Trinajstić information content (AvgIpc) is 2.59. The lowest BCUT2D eigenvalue weighted by molar-refractivity contribution is 0.414. The van der Waals surface area contributed by atoms with Crippen molar-refractivity contribution >= 4 is 9.84 Å². The smallest absolute Gasteiger partial charge is 0.206 e. The maximum Gasteiger partial charge on any atom is 0.206 e. The highest BCUT2D eigenvalue weighted by atomic mass is 32.2. The van der Waals surface area contributed by atoms with Crippen molar-refractivity contribution in [2.75, 3.05) is 7.11 Å². The molecule has 0 aliphatic heterocycles. The number of ether oxygens (including phenoxy) is 1. The molecule has 0 amide bonds. The van der Waals surface area contributed by atoms with E-state index in [1.54, 1.807) is 55.6 Å². The molecule has 2 aromatic rings. The number of sulfone groups is 1. The molecule has 22 heavy (non-hydrogen) atoms. The fourth-order valence-corrected chi connectivity index (χ4v) is 2.87. The highest BCUT2D eigenvalue weighted by Crippen LogP contribution is 2.23. The van der Waals surface area contributed by atoms with Gasteiger partial charge in [0, 0.05) is 0 Å². The molecule has 0 aromatic heterocycles. The summed E-state index contributed by atoms with van der Waals surface area (Å²) in [5.41, 5.74) is 1.03. The van der Waals surface area contributed by atoms with Crippen molar-refractivity contribution in [1.29, 1.82) is 0 Å². The Labute approximate surface area is 134 Å². The lowest BCUT2D eigenvalue weighted by atomic mass is 10.2. The summed E-state index contributed by atoms with van der Waals surface area (Å²) in [4.78, 5) is 0.574. The number of hydrogen-bond donors (Lipinski definition) is 0. The second-order valence-corrected chi connectivity index (χ2v) is 5.94. The first-order valence-corrected chi connectivity index (χ1v) is 8.98. The Bertz CT molecular complexity index is 627. The van der Waals surface area contributed by atoms with Crippen LogP contribution in [-0.2, 0) is 9.84 Å². The quantitative estimate of drug-likeness (QED) is 0.808. The number of benzene rings is 2. The standard InChI is InChI=1S/C14H14O3S.2C2H6/c1-11-3-7-13(8-4-11)18(15,16)14-9-5-12(17-2)6-10-14;2*1-2/h3-10H,1-2H3;2*1-2H3. The molecule has 0 unspecified atom stereocenters. The minimum absolute atomic E-state index is 0.271. The van der Waals surface area contributed by atoms with Crippen LogP contribution in [0.3, 0.4) is 0 Å². The average molecular weight is 322 g/mol.